The van der Waals surface area contributed by atoms with Gasteiger partial charge in [0.15, 0.2) is 0 Å². The van der Waals surface area contributed by atoms with Crippen LogP contribution in [0.5, 0.6) is 0 Å². The molecule has 1 aromatic carbocycles. The molecule has 0 aliphatic rings. The highest BCUT2D eigenvalue weighted by Gasteiger charge is 2.16. The lowest BCUT2D eigenvalue weighted by Gasteiger charge is -2.08. The largest absolute Gasteiger partial charge is 0.264 e. The van der Waals surface area contributed by atoms with E-state index in [4.69, 9.17) is 23.2 Å². The van der Waals surface area contributed by atoms with Crippen LogP contribution in [0.25, 0.3) is 0 Å². The van der Waals surface area contributed by atoms with Crippen LogP contribution >= 0.6 is 23.2 Å². The summed E-state index contributed by atoms with van der Waals surface area (Å²) in [7, 11) is 0. The third-order valence-corrected chi connectivity index (χ3v) is 3.96. The molecule has 0 N–H and O–H groups in total. The Hall–Kier alpha value is -1.06. The summed E-state index contributed by atoms with van der Waals surface area (Å²) in [5.74, 6) is 0.0573. The molecule has 2 nitrogen and oxygen atoms in total. The number of hydrogen-bond acceptors (Lipinski definition) is 1. The van der Waals surface area contributed by atoms with Crippen LogP contribution in [0.3, 0.4) is 0 Å². The van der Waals surface area contributed by atoms with E-state index in [2.05, 4.69) is 12.0 Å². The molecule has 0 atom stereocenters. The van der Waals surface area contributed by atoms with E-state index in [9.17, 15) is 4.39 Å². The summed E-state index contributed by atoms with van der Waals surface area (Å²) in [6.07, 6.45) is 1.64. The lowest BCUT2D eigenvalue weighted by atomic mass is 10.1. The Labute approximate surface area is 128 Å². The van der Waals surface area contributed by atoms with Crippen molar-refractivity contribution in [1.82, 2.24) is 9.78 Å². The van der Waals surface area contributed by atoms with Gasteiger partial charge in [0.25, 0.3) is 0 Å². The molecule has 0 saturated carbocycles. The average Bonchev–Trinajstić information content (AvgIpc) is 2.80. The average molecular weight is 315 g/mol. The third kappa shape index (κ3) is 2.84. The Morgan fingerprint density at radius 3 is 2.60 bits per heavy atom. The van der Waals surface area contributed by atoms with Gasteiger partial charge in [-0.3, -0.25) is 4.68 Å². The van der Waals surface area contributed by atoms with E-state index in [0.29, 0.717) is 18.0 Å². The molecule has 0 amide bonds. The first kappa shape index (κ1) is 15.3. The lowest BCUT2D eigenvalue weighted by molar-refractivity contribution is 0.574. The van der Waals surface area contributed by atoms with Crippen molar-refractivity contribution in [3.8, 4) is 0 Å². The van der Waals surface area contributed by atoms with Crippen LogP contribution in [0.4, 0.5) is 4.39 Å². The molecule has 0 aliphatic heterocycles. The van der Waals surface area contributed by atoms with E-state index in [1.807, 2.05) is 11.6 Å². The SMILES string of the molecule is CCc1nn(Cc2cccc(Cl)c2F)c(CC)c1CCl. The number of nitrogens with zero attached hydrogens (tertiary/aromatic N) is 2. The van der Waals surface area contributed by atoms with Gasteiger partial charge in [-0.25, -0.2) is 4.39 Å². The maximum Gasteiger partial charge on any atom is 0.146 e. The molecule has 0 unspecified atom stereocenters. The lowest BCUT2D eigenvalue weighted by Crippen LogP contribution is -2.08. The van der Waals surface area contributed by atoms with Crippen LogP contribution in [0.2, 0.25) is 5.02 Å². The Bertz CT molecular complexity index is 608. The minimum atomic E-state index is -0.378. The van der Waals surface area contributed by atoms with E-state index < -0.39 is 0 Å². The molecule has 0 radical (unpaired) electrons. The van der Waals surface area contributed by atoms with Gasteiger partial charge in [-0.2, -0.15) is 5.10 Å². The molecule has 1 aromatic heterocycles. The summed E-state index contributed by atoms with van der Waals surface area (Å²) >= 11 is 11.8. The van der Waals surface area contributed by atoms with Gasteiger partial charge in [0.1, 0.15) is 5.82 Å². The smallest absolute Gasteiger partial charge is 0.146 e. The van der Waals surface area contributed by atoms with Gasteiger partial charge in [0.05, 0.1) is 23.1 Å². The number of alkyl halides is 1. The fourth-order valence-electron chi connectivity index (χ4n) is 2.39. The second kappa shape index (κ2) is 6.59. The van der Waals surface area contributed by atoms with Crippen LogP contribution in [0.15, 0.2) is 18.2 Å². The van der Waals surface area contributed by atoms with Gasteiger partial charge in [-0.1, -0.05) is 37.6 Å². The fourth-order valence-corrected chi connectivity index (χ4v) is 2.89. The number of hydrogen-bond donors (Lipinski definition) is 0. The highest BCUT2D eigenvalue weighted by atomic mass is 35.5. The van der Waals surface area contributed by atoms with Crippen LogP contribution in [-0.2, 0) is 25.3 Å². The summed E-state index contributed by atoms with van der Waals surface area (Å²) in [4.78, 5) is 0. The number of benzene rings is 1. The molecule has 2 aromatic rings. The number of aromatic nitrogens is 2. The van der Waals surface area contributed by atoms with Gasteiger partial charge in [0, 0.05) is 16.8 Å². The molecule has 0 spiro atoms. The Balaban J connectivity index is 2.43. The zero-order valence-corrected chi connectivity index (χ0v) is 13.1. The highest BCUT2D eigenvalue weighted by molar-refractivity contribution is 6.30. The zero-order valence-electron chi connectivity index (χ0n) is 11.6. The first-order valence-electron chi connectivity index (χ1n) is 6.68. The van der Waals surface area contributed by atoms with Crippen molar-refractivity contribution < 1.29 is 4.39 Å². The summed E-state index contributed by atoms with van der Waals surface area (Å²) < 4.78 is 15.8. The van der Waals surface area contributed by atoms with E-state index in [1.165, 1.54) is 0 Å². The van der Waals surface area contributed by atoms with Crippen molar-refractivity contribution in [2.24, 2.45) is 0 Å². The summed E-state index contributed by atoms with van der Waals surface area (Å²) in [6, 6.07) is 5.03. The second-order valence-electron chi connectivity index (χ2n) is 4.58. The number of halogens is 3. The predicted octanol–water partition coefficient (Wildman–Crippen LogP) is 4.59. The Morgan fingerprint density at radius 2 is 2.00 bits per heavy atom. The molecular weight excluding hydrogens is 298 g/mol. The van der Waals surface area contributed by atoms with Crippen molar-refractivity contribution >= 4 is 23.2 Å². The summed E-state index contributed by atoms with van der Waals surface area (Å²) in [5.41, 5.74) is 3.66. The second-order valence-corrected chi connectivity index (χ2v) is 5.26. The first-order chi connectivity index (χ1) is 9.62. The molecule has 2 rings (SSSR count). The van der Waals surface area contributed by atoms with Gasteiger partial charge >= 0.3 is 0 Å². The monoisotopic (exact) mass is 314 g/mol. The van der Waals surface area contributed by atoms with Crippen molar-refractivity contribution in [1.29, 1.82) is 0 Å². The minimum absolute atomic E-state index is 0.140. The highest BCUT2D eigenvalue weighted by Crippen LogP contribution is 2.22. The third-order valence-electron chi connectivity index (χ3n) is 3.40. The predicted molar refractivity (Wildman–Crippen MR) is 81.1 cm³/mol. The molecule has 0 fully saturated rings. The van der Waals surface area contributed by atoms with E-state index in [0.717, 1.165) is 29.8 Å². The van der Waals surface area contributed by atoms with Crippen LogP contribution in [0.1, 0.15) is 36.4 Å². The van der Waals surface area contributed by atoms with Crippen LogP contribution < -0.4 is 0 Å². The van der Waals surface area contributed by atoms with Crippen LogP contribution in [-0.4, -0.2) is 9.78 Å². The van der Waals surface area contributed by atoms with Gasteiger partial charge in [0.2, 0.25) is 0 Å². The van der Waals surface area contributed by atoms with Crippen molar-refractivity contribution in [2.75, 3.05) is 0 Å². The Morgan fingerprint density at radius 1 is 1.25 bits per heavy atom. The van der Waals surface area contributed by atoms with Crippen molar-refractivity contribution in [2.45, 2.75) is 39.1 Å². The maximum atomic E-state index is 14.0. The summed E-state index contributed by atoms with van der Waals surface area (Å²) in [5, 5.41) is 4.70. The summed E-state index contributed by atoms with van der Waals surface area (Å²) in [6.45, 7) is 4.47. The van der Waals surface area contributed by atoms with E-state index in [-0.39, 0.29) is 10.8 Å². The first-order valence-corrected chi connectivity index (χ1v) is 7.59. The topological polar surface area (TPSA) is 17.8 Å². The molecule has 108 valence electrons. The molecule has 1 heterocycles. The quantitative estimate of drug-likeness (QED) is 0.738. The maximum absolute atomic E-state index is 14.0. The van der Waals surface area contributed by atoms with E-state index in [1.54, 1.807) is 18.2 Å². The Kier molecular flexibility index (Phi) is 5.06. The van der Waals surface area contributed by atoms with Gasteiger partial charge < -0.3 is 0 Å². The molecule has 20 heavy (non-hydrogen) atoms. The van der Waals surface area contributed by atoms with Crippen LogP contribution in [0, 0.1) is 5.82 Å². The fraction of sp³-hybridized carbons (Fsp3) is 0.400. The number of rotatable bonds is 5. The van der Waals surface area contributed by atoms with Crippen molar-refractivity contribution in [3.05, 3.63) is 51.6 Å². The van der Waals surface area contributed by atoms with E-state index >= 15 is 0 Å². The van der Waals surface area contributed by atoms with Gasteiger partial charge in [-0.05, 0) is 18.9 Å². The number of aryl methyl sites for hydroxylation is 1. The van der Waals surface area contributed by atoms with Crippen molar-refractivity contribution in [3.63, 3.8) is 0 Å². The molecule has 0 saturated heterocycles. The molecule has 0 aliphatic carbocycles. The molecule has 5 heteroatoms. The molecule has 0 bridgehead atoms. The normalized spacial score (nSPS) is 11.1. The minimum Gasteiger partial charge on any atom is -0.264 e. The molecular formula is C15H17Cl2FN2. The zero-order chi connectivity index (χ0) is 14.7. The standard InChI is InChI=1S/C15H17Cl2FN2/c1-3-13-11(8-16)14(4-2)20(19-13)9-10-6-5-7-12(17)15(10)18/h5-7H,3-4,8-9H2,1-2H3. The van der Waals surface area contributed by atoms with Gasteiger partial charge in [-0.15, -0.1) is 11.6 Å².